The van der Waals surface area contributed by atoms with E-state index in [0.717, 1.165) is 5.56 Å². The van der Waals surface area contributed by atoms with Gasteiger partial charge in [-0.1, -0.05) is 30.3 Å². The van der Waals surface area contributed by atoms with Gasteiger partial charge in [-0.3, -0.25) is 4.79 Å². The molecule has 0 amide bonds. The molecule has 0 bridgehead atoms. The van der Waals surface area contributed by atoms with Crippen molar-refractivity contribution >= 4 is 5.78 Å². The molecule has 0 saturated heterocycles. The molecule has 1 saturated carbocycles. The number of hydrogen-bond donors (Lipinski definition) is 1. The summed E-state index contributed by atoms with van der Waals surface area (Å²) < 4.78 is 5.51. The molecular formula is C17H22O3. The third kappa shape index (κ3) is 3.70. The molecule has 3 nitrogen and oxygen atoms in total. The highest BCUT2D eigenvalue weighted by atomic mass is 16.5. The minimum atomic E-state index is -0.746. The van der Waals surface area contributed by atoms with Crippen LogP contribution in [-0.4, -0.2) is 22.6 Å². The fourth-order valence-corrected chi connectivity index (χ4v) is 2.37. The molecule has 108 valence electrons. The Kier molecular flexibility index (Phi) is 4.29. The second-order valence-corrected chi connectivity index (χ2v) is 6.29. The topological polar surface area (TPSA) is 46.5 Å². The molecular weight excluding hydrogens is 252 g/mol. The molecule has 2 atom stereocenters. The molecule has 0 spiro atoms. The molecule has 1 aliphatic carbocycles. The van der Waals surface area contributed by atoms with E-state index in [9.17, 15) is 9.90 Å². The standard InChI is InChI=1S/C17H22O3/c1-17(2,3)20-11-14-15(18)9-13(10-16(14)19)12-7-5-4-6-8-12/h4-8,11,13,15,18H,9-10H2,1-3H3/b14-11-. The SMILES string of the molecule is CC(C)(C)O/C=C1\C(=O)CC(c2ccccc2)CC1O. The van der Waals surface area contributed by atoms with Crippen LogP contribution in [0.3, 0.4) is 0 Å². The number of ether oxygens (including phenoxy) is 1. The van der Waals surface area contributed by atoms with Gasteiger partial charge in [0.05, 0.1) is 23.5 Å². The first-order chi connectivity index (χ1) is 9.37. The van der Waals surface area contributed by atoms with E-state index >= 15 is 0 Å². The first-order valence-corrected chi connectivity index (χ1v) is 7.01. The molecule has 1 aromatic rings. The lowest BCUT2D eigenvalue weighted by Gasteiger charge is -2.28. The van der Waals surface area contributed by atoms with E-state index < -0.39 is 6.10 Å². The molecule has 0 radical (unpaired) electrons. The van der Waals surface area contributed by atoms with Crippen molar-refractivity contribution in [2.45, 2.75) is 51.2 Å². The Labute approximate surface area is 120 Å². The van der Waals surface area contributed by atoms with E-state index in [4.69, 9.17) is 4.74 Å². The Hall–Kier alpha value is -1.61. The van der Waals surface area contributed by atoms with Crippen LogP contribution in [0.5, 0.6) is 0 Å². The monoisotopic (exact) mass is 274 g/mol. The predicted octanol–water partition coefficient (Wildman–Crippen LogP) is 3.19. The van der Waals surface area contributed by atoms with Crippen LogP contribution in [0.4, 0.5) is 0 Å². The normalized spacial score (nSPS) is 25.8. The van der Waals surface area contributed by atoms with Crippen LogP contribution >= 0.6 is 0 Å². The van der Waals surface area contributed by atoms with E-state index in [1.54, 1.807) is 0 Å². The van der Waals surface area contributed by atoms with E-state index in [2.05, 4.69) is 0 Å². The summed E-state index contributed by atoms with van der Waals surface area (Å²) >= 11 is 0. The molecule has 1 aliphatic rings. The summed E-state index contributed by atoms with van der Waals surface area (Å²) in [7, 11) is 0. The lowest BCUT2D eigenvalue weighted by Crippen LogP contribution is -2.29. The maximum Gasteiger partial charge on any atom is 0.165 e. The van der Waals surface area contributed by atoms with Crippen LogP contribution in [-0.2, 0) is 9.53 Å². The number of hydrogen-bond acceptors (Lipinski definition) is 3. The molecule has 2 unspecified atom stereocenters. The summed E-state index contributed by atoms with van der Waals surface area (Å²) in [6.07, 6.45) is 1.69. The smallest absolute Gasteiger partial charge is 0.165 e. The largest absolute Gasteiger partial charge is 0.495 e. The Morgan fingerprint density at radius 1 is 1.25 bits per heavy atom. The van der Waals surface area contributed by atoms with Crippen molar-refractivity contribution in [3.8, 4) is 0 Å². The van der Waals surface area contributed by atoms with Crippen molar-refractivity contribution in [1.29, 1.82) is 0 Å². The molecule has 0 heterocycles. The van der Waals surface area contributed by atoms with Gasteiger partial charge in [0.1, 0.15) is 0 Å². The van der Waals surface area contributed by atoms with Gasteiger partial charge in [0.25, 0.3) is 0 Å². The number of rotatable bonds is 2. The van der Waals surface area contributed by atoms with E-state index in [0.29, 0.717) is 18.4 Å². The predicted molar refractivity (Wildman–Crippen MR) is 78.4 cm³/mol. The van der Waals surface area contributed by atoms with Gasteiger partial charge >= 0.3 is 0 Å². The van der Waals surface area contributed by atoms with Gasteiger partial charge in [-0.05, 0) is 38.7 Å². The van der Waals surface area contributed by atoms with Crippen molar-refractivity contribution in [2.24, 2.45) is 0 Å². The van der Waals surface area contributed by atoms with Crippen LogP contribution in [0.2, 0.25) is 0 Å². The van der Waals surface area contributed by atoms with Gasteiger partial charge in [0.2, 0.25) is 0 Å². The highest BCUT2D eigenvalue weighted by molar-refractivity contribution is 5.97. The fraction of sp³-hybridized carbons (Fsp3) is 0.471. The van der Waals surface area contributed by atoms with Crippen LogP contribution in [0.1, 0.15) is 45.1 Å². The molecule has 1 aromatic carbocycles. The number of carbonyl (C=O) groups excluding carboxylic acids is 1. The molecule has 2 rings (SSSR count). The summed E-state index contributed by atoms with van der Waals surface area (Å²) in [6.45, 7) is 5.74. The quantitative estimate of drug-likeness (QED) is 0.665. The van der Waals surface area contributed by atoms with Crippen LogP contribution < -0.4 is 0 Å². The van der Waals surface area contributed by atoms with Crippen molar-refractivity contribution in [1.82, 2.24) is 0 Å². The van der Waals surface area contributed by atoms with Gasteiger partial charge < -0.3 is 9.84 Å². The zero-order chi connectivity index (χ0) is 14.8. The number of ketones is 1. The number of aliphatic hydroxyl groups excluding tert-OH is 1. The summed E-state index contributed by atoms with van der Waals surface area (Å²) in [5.41, 5.74) is 1.14. The highest BCUT2D eigenvalue weighted by Gasteiger charge is 2.32. The molecule has 1 fully saturated rings. The molecule has 0 aliphatic heterocycles. The second kappa shape index (κ2) is 5.80. The zero-order valence-electron chi connectivity index (χ0n) is 12.3. The maximum atomic E-state index is 12.2. The first-order valence-electron chi connectivity index (χ1n) is 7.01. The Morgan fingerprint density at radius 2 is 1.90 bits per heavy atom. The van der Waals surface area contributed by atoms with Gasteiger partial charge in [0.15, 0.2) is 5.78 Å². The van der Waals surface area contributed by atoms with Crippen molar-refractivity contribution in [3.63, 3.8) is 0 Å². The molecule has 20 heavy (non-hydrogen) atoms. The van der Waals surface area contributed by atoms with Gasteiger partial charge in [-0.25, -0.2) is 0 Å². The van der Waals surface area contributed by atoms with Gasteiger partial charge in [-0.15, -0.1) is 0 Å². The van der Waals surface area contributed by atoms with Crippen molar-refractivity contribution < 1.29 is 14.6 Å². The molecule has 1 N–H and O–H groups in total. The minimum absolute atomic E-state index is 0.0261. The van der Waals surface area contributed by atoms with E-state index in [-0.39, 0.29) is 17.3 Å². The van der Waals surface area contributed by atoms with Gasteiger partial charge in [-0.2, -0.15) is 0 Å². The number of Topliss-reactive ketones (excluding diaryl/α,β-unsaturated/α-hetero) is 1. The average Bonchev–Trinajstić information content (AvgIpc) is 2.37. The Balaban J connectivity index is 2.11. The Morgan fingerprint density at radius 3 is 2.45 bits per heavy atom. The summed E-state index contributed by atoms with van der Waals surface area (Å²) in [5.74, 6) is 0.0624. The third-order valence-electron chi connectivity index (χ3n) is 3.43. The number of aliphatic hydroxyl groups is 1. The second-order valence-electron chi connectivity index (χ2n) is 6.29. The van der Waals surface area contributed by atoms with Crippen molar-refractivity contribution in [3.05, 3.63) is 47.7 Å². The van der Waals surface area contributed by atoms with Gasteiger partial charge in [0, 0.05) is 6.42 Å². The summed E-state index contributed by atoms with van der Waals surface area (Å²) in [4.78, 5) is 12.2. The highest BCUT2D eigenvalue weighted by Crippen LogP contribution is 2.33. The Bertz CT molecular complexity index is 497. The van der Waals surface area contributed by atoms with E-state index in [1.807, 2.05) is 51.1 Å². The lowest BCUT2D eigenvalue weighted by molar-refractivity contribution is -0.118. The maximum absolute atomic E-state index is 12.2. The molecule has 3 heteroatoms. The third-order valence-corrected chi connectivity index (χ3v) is 3.43. The average molecular weight is 274 g/mol. The number of benzene rings is 1. The minimum Gasteiger partial charge on any atom is -0.495 e. The van der Waals surface area contributed by atoms with Crippen LogP contribution in [0.15, 0.2) is 42.2 Å². The first kappa shape index (κ1) is 14.8. The lowest BCUT2D eigenvalue weighted by atomic mass is 9.79. The van der Waals surface area contributed by atoms with Crippen molar-refractivity contribution in [2.75, 3.05) is 0 Å². The number of carbonyl (C=O) groups is 1. The fourth-order valence-electron chi connectivity index (χ4n) is 2.37. The molecule has 0 aromatic heterocycles. The summed E-state index contributed by atoms with van der Waals surface area (Å²) in [5, 5.41) is 10.2. The zero-order valence-corrected chi connectivity index (χ0v) is 12.3. The van der Waals surface area contributed by atoms with E-state index in [1.165, 1.54) is 6.26 Å². The van der Waals surface area contributed by atoms with Crippen LogP contribution in [0, 0.1) is 0 Å². The summed E-state index contributed by atoms with van der Waals surface area (Å²) in [6, 6.07) is 9.88. The van der Waals surface area contributed by atoms with Crippen LogP contribution in [0.25, 0.3) is 0 Å².